The van der Waals surface area contributed by atoms with Crippen LogP contribution in [-0.4, -0.2) is 60.5 Å². The third-order valence-electron chi connectivity index (χ3n) is 3.59. The quantitative estimate of drug-likeness (QED) is 0.751. The Hall–Kier alpha value is -1.30. The zero-order valence-corrected chi connectivity index (χ0v) is 12.2. The molecule has 0 radical (unpaired) electrons. The number of carbonyl (C=O) groups is 2. The number of piperazine rings is 1. The molecule has 1 aliphatic heterocycles. The number of rotatable bonds is 5. The normalized spacial score (nSPS) is 18.4. The zero-order valence-electron chi connectivity index (χ0n) is 12.2. The highest BCUT2D eigenvalue weighted by atomic mass is 16.2. The van der Waals surface area contributed by atoms with Crippen LogP contribution >= 0.6 is 0 Å². The third kappa shape index (κ3) is 5.06. The lowest BCUT2D eigenvalue weighted by Crippen LogP contribution is -2.55. The highest BCUT2D eigenvalue weighted by Crippen LogP contribution is 2.07. The first-order valence-corrected chi connectivity index (χ1v) is 7.00. The lowest BCUT2D eigenvalue weighted by Gasteiger charge is -2.35. The molecule has 1 atom stereocenters. The number of carbonyl (C=O) groups excluding carboxylic acids is 2. The summed E-state index contributed by atoms with van der Waals surface area (Å²) >= 11 is 0. The fraction of sp³-hybridized carbons (Fsp3) is 0.846. The number of nitrogens with two attached hydrogens (primary N) is 1. The van der Waals surface area contributed by atoms with Gasteiger partial charge in [0.05, 0.1) is 6.54 Å². The fourth-order valence-electron chi connectivity index (χ4n) is 2.32. The molecule has 0 aromatic rings. The number of primary amides is 1. The van der Waals surface area contributed by atoms with Crippen LogP contribution in [0.25, 0.3) is 0 Å². The topological polar surface area (TPSA) is 78.7 Å². The van der Waals surface area contributed by atoms with Crippen LogP contribution in [0.1, 0.15) is 27.2 Å². The van der Waals surface area contributed by atoms with Crippen molar-refractivity contribution >= 4 is 11.9 Å². The summed E-state index contributed by atoms with van der Waals surface area (Å²) in [5.41, 5.74) is 5.16. The van der Waals surface area contributed by atoms with E-state index < -0.39 is 0 Å². The molecule has 1 heterocycles. The second-order valence-corrected chi connectivity index (χ2v) is 5.44. The largest absolute Gasteiger partial charge is 0.369 e. The molecule has 0 spiro atoms. The van der Waals surface area contributed by atoms with Gasteiger partial charge in [0, 0.05) is 32.2 Å². The monoisotopic (exact) mass is 270 g/mol. The van der Waals surface area contributed by atoms with Crippen molar-refractivity contribution in [1.29, 1.82) is 0 Å². The van der Waals surface area contributed by atoms with Gasteiger partial charge in [-0.1, -0.05) is 20.8 Å². The van der Waals surface area contributed by atoms with Gasteiger partial charge < -0.3 is 16.0 Å². The molecular weight excluding hydrogens is 244 g/mol. The Morgan fingerprint density at radius 1 is 1.21 bits per heavy atom. The minimum absolute atomic E-state index is 0.000671. The Morgan fingerprint density at radius 2 is 1.79 bits per heavy atom. The van der Waals surface area contributed by atoms with E-state index in [2.05, 4.69) is 26.1 Å². The van der Waals surface area contributed by atoms with E-state index in [1.807, 2.05) is 9.80 Å². The smallest absolute Gasteiger partial charge is 0.317 e. The SMILES string of the molecule is CCC(NC(=O)N1CCN(CC(N)=O)CC1)C(C)C. The van der Waals surface area contributed by atoms with Crippen molar-refractivity contribution < 1.29 is 9.59 Å². The minimum Gasteiger partial charge on any atom is -0.369 e. The first kappa shape index (κ1) is 15.8. The molecule has 0 aromatic carbocycles. The van der Waals surface area contributed by atoms with E-state index in [0.29, 0.717) is 32.1 Å². The molecule has 1 unspecified atom stereocenters. The zero-order chi connectivity index (χ0) is 14.4. The van der Waals surface area contributed by atoms with E-state index in [1.165, 1.54) is 0 Å². The lowest BCUT2D eigenvalue weighted by atomic mass is 10.0. The molecular formula is C13H26N4O2. The van der Waals surface area contributed by atoms with Gasteiger partial charge in [-0.25, -0.2) is 4.79 Å². The second kappa shape index (κ2) is 7.33. The molecule has 1 saturated heterocycles. The predicted molar refractivity (Wildman–Crippen MR) is 74.7 cm³/mol. The van der Waals surface area contributed by atoms with Gasteiger partial charge in [0.25, 0.3) is 0 Å². The molecule has 3 N–H and O–H groups in total. The molecule has 0 aromatic heterocycles. The highest BCUT2D eigenvalue weighted by Gasteiger charge is 2.23. The van der Waals surface area contributed by atoms with Crippen molar-refractivity contribution in [3.63, 3.8) is 0 Å². The second-order valence-electron chi connectivity index (χ2n) is 5.44. The highest BCUT2D eigenvalue weighted by molar-refractivity contribution is 5.76. The summed E-state index contributed by atoms with van der Waals surface area (Å²) in [7, 11) is 0. The van der Waals surface area contributed by atoms with Crippen LogP contribution in [0, 0.1) is 5.92 Å². The molecule has 0 bridgehead atoms. The Morgan fingerprint density at radius 3 is 2.21 bits per heavy atom. The molecule has 1 rings (SSSR count). The molecule has 1 aliphatic rings. The molecule has 6 nitrogen and oxygen atoms in total. The van der Waals surface area contributed by atoms with Gasteiger partial charge in [0.2, 0.25) is 5.91 Å². The molecule has 6 heteroatoms. The van der Waals surface area contributed by atoms with Crippen molar-refractivity contribution in [3.05, 3.63) is 0 Å². The summed E-state index contributed by atoms with van der Waals surface area (Å²) in [6.07, 6.45) is 0.936. The van der Waals surface area contributed by atoms with E-state index in [0.717, 1.165) is 6.42 Å². The van der Waals surface area contributed by atoms with Crippen LogP contribution in [0.15, 0.2) is 0 Å². The number of nitrogens with zero attached hydrogens (tertiary/aromatic N) is 2. The van der Waals surface area contributed by atoms with E-state index in [4.69, 9.17) is 5.73 Å². The summed E-state index contributed by atoms with van der Waals surface area (Å²) in [5.74, 6) is 0.119. The van der Waals surface area contributed by atoms with Gasteiger partial charge in [-0.05, 0) is 12.3 Å². The molecule has 110 valence electrons. The number of hydrogen-bond donors (Lipinski definition) is 2. The maximum atomic E-state index is 12.1. The number of nitrogens with one attached hydrogen (secondary N) is 1. The third-order valence-corrected chi connectivity index (χ3v) is 3.59. The summed E-state index contributed by atoms with van der Waals surface area (Å²) in [4.78, 5) is 26.7. The van der Waals surface area contributed by atoms with E-state index in [1.54, 1.807) is 0 Å². The fourth-order valence-corrected chi connectivity index (χ4v) is 2.32. The minimum atomic E-state index is -0.316. The Labute approximate surface area is 115 Å². The lowest BCUT2D eigenvalue weighted by molar-refractivity contribution is -0.119. The van der Waals surface area contributed by atoms with Gasteiger partial charge in [0.1, 0.15) is 0 Å². The summed E-state index contributed by atoms with van der Waals surface area (Å²) in [6, 6.07) is 0.218. The van der Waals surface area contributed by atoms with Crippen molar-refractivity contribution in [2.24, 2.45) is 11.7 Å². The maximum absolute atomic E-state index is 12.1. The maximum Gasteiger partial charge on any atom is 0.317 e. The van der Waals surface area contributed by atoms with Crippen LogP contribution in [-0.2, 0) is 4.79 Å². The average molecular weight is 270 g/mol. The van der Waals surface area contributed by atoms with E-state index in [9.17, 15) is 9.59 Å². The van der Waals surface area contributed by atoms with Crippen molar-refractivity contribution in [1.82, 2.24) is 15.1 Å². The van der Waals surface area contributed by atoms with Crippen LogP contribution < -0.4 is 11.1 Å². The van der Waals surface area contributed by atoms with E-state index in [-0.39, 0.29) is 24.5 Å². The number of hydrogen-bond acceptors (Lipinski definition) is 3. The first-order valence-electron chi connectivity index (χ1n) is 7.00. The predicted octanol–water partition coefficient (Wildman–Crippen LogP) is 0.234. The average Bonchev–Trinajstić information content (AvgIpc) is 2.35. The van der Waals surface area contributed by atoms with Crippen LogP contribution in [0.4, 0.5) is 4.79 Å². The molecule has 0 saturated carbocycles. The molecule has 1 fully saturated rings. The van der Waals surface area contributed by atoms with Crippen molar-refractivity contribution in [2.45, 2.75) is 33.2 Å². The van der Waals surface area contributed by atoms with Gasteiger partial charge in [0.15, 0.2) is 0 Å². The van der Waals surface area contributed by atoms with Crippen LogP contribution in [0.3, 0.4) is 0 Å². The summed E-state index contributed by atoms with van der Waals surface area (Å²) < 4.78 is 0. The van der Waals surface area contributed by atoms with Gasteiger partial charge in [-0.3, -0.25) is 9.69 Å². The Bertz CT molecular complexity index is 312. The molecule has 3 amide bonds. The van der Waals surface area contributed by atoms with E-state index >= 15 is 0 Å². The van der Waals surface area contributed by atoms with Gasteiger partial charge in [-0.2, -0.15) is 0 Å². The van der Waals surface area contributed by atoms with Crippen molar-refractivity contribution in [2.75, 3.05) is 32.7 Å². The Kier molecular flexibility index (Phi) is 6.08. The molecule has 0 aliphatic carbocycles. The first-order chi connectivity index (χ1) is 8.93. The number of urea groups is 1. The van der Waals surface area contributed by atoms with Crippen LogP contribution in [0.5, 0.6) is 0 Å². The number of amides is 3. The van der Waals surface area contributed by atoms with Crippen LogP contribution in [0.2, 0.25) is 0 Å². The summed E-state index contributed by atoms with van der Waals surface area (Å²) in [5, 5.41) is 3.07. The molecule has 19 heavy (non-hydrogen) atoms. The van der Waals surface area contributed by atoms with Gasteiger partial charge in [-0.15, -0.1) is 0 Å². The summed E-state index contributed by atoms with van der Waals surface area (Å²) in [6.45, 7) is 9.28. The van der Waals surface area contributed by atoms with Crippen molar-refractivity contribution in [3.8, 4) is 0 Å². The Balaban J connectivity index is 2.38. The standard InChI is InChI=1S/C13H26N4O2/c1-4-11(10(2)3)15-13(19)17-7-5-16(6-8-17)9-12(14)18/h10-11H,4-9H2,1-3H3,(H2,14,18)(H,15,19). The van der Waals surface area contributed by atoms with Gasteiger partial charge >= 0.3 is 6.03 Å².